The molecule has 0 aliphatic carbocycles. The Balaban J connectivity index is 1.86. The van der Waals surface area contributed by atoms with E-state index in [0.29, 0.717) is 12.3 Å². The number of allylic oxidation sites excluding steroid dienone is 1. The second kappa shape index (κ2) is 9.55. The predicted octanol–water partition coefficient (Wildman–Crippen LogP) is 3.71. The number of nitrogen functional groups attached to an aromatic ring is 1. The maximum atomic E-state index is 6.02. The first-order chi connectivity index (χ1) is 11.6. The standard InChI is InChI=1S/C19H29NO4/c1-14(13-24-18-9-4-5-10-23-18)7-6-8-15-11-16(21-2)12-17(20)19(15)22-3/h7,11-12,18H,4-6,8-10,13,20H2,1-3H3/b14-7-. The minimum Gasteiger partial charge on any atom is -0.497 e. The minimum absolute atomic E-state index is 0.0413. The van der Waals surface area contributed by atoms with Gasteiger partial charge in [-0.2, -0.15) is 0 Å². The molecule has 2 rings (SSSR count). The fourth-order valence-corrected chi connectivity index (χ4v) is 2.84. The van der Waals surface area contributed by atoms with Crippen LogP contribution >= 0.6 is 0 Å². The number of methoxy groups -OCH3 is 2. The largest absolute Gasteiger partial charge is 0.497 e. The number of benzene rings is 1. The molecule has 1 aliphatic heterocycles. The minimum atomic E-state index is -0.0413. The normalized spacial score (nSPS) is 18.5. The topological polar surface area (TPSA) is 62.9 Å². The molecule has 1 unspecified atom stereocenters. The Morgan fingerprint density at radius 2 is 2.12 bits per heavy atom. The van der Waals surface area contributed by atoms with E-state index in [4.69, 9.17) is 24.7 Å². The first kappa shape index (κ1) is 18.6. The van der Waals surface area contributed by atoms with Crippen molar-refractivity contribution in [1.29, 1.82) is 0 Å². The van der Waals surface area contributed by atoms with Crippen molar-refractivity contribution >= 4 is 5.69 Å². The summed E-state index contributed by atoms with van der Waals surface area (Å²) in [6.07, 6.45) is 7.20. The molecular weight excluding hydrogens is 306 g/mol. The molecule has 134 valence electrons. The molecular formula is C19H29NO4. The van der Waals surface area contributed by atoms with Crippen LogP contribution in [-0.2, 0) is 15.9 Å². The molecule has 0 saturated carbocycles. The monoisotopic (exact) mass is 335 g/mol. The zero-order valence-electron chi connectivity index (χ0n) is 15.0. The smallest absolute Gasteiger partial charge is 0.158 e. The van der Waals surface area contributed by atoms with Crippen LogP contribution in [0.3, 0.4) is 0 Å². The van der Waals surface area contributed by atoms with Crippen molar-refractivity contribution < 1.29 is 18.9 Å². The first-order valence-electron chi connectivity index (χ1n) is 8.53. The van der Waals surface area contributed by atoms with Gasteiger partial charge in [0.25, 0.3) is 0 Å². The third-order valence-electron chi connectivity index (χ3n) is 4.15. The van der Waals surface area contributed by atoms with Crippen LogP contribution in [0.2, 0.25) is 0 Å². The molecule has 1 saturated heterocycles. The molecule has 5 nitrogen and oxygen atoms in total. The lowest BCUT2D eigenvalue weighted by Gasteiger charge is -2.22. The van der Waals surface area contributed by atoms with Crippen LogP contribution in [0.4, 0.5) is 5.69 Å². The average Bonchev–Trinajstić information content (AvgIpc) is 2.60. The molecule has 1 fully saturated rings. The Hall–Kier alpha value is -1.72. The number of rotatable bonds is 8. The molecule has 0 bridgehead atoms. The summed E-state index contributed by atoms with van der Waals surface area (Å²) in [7, 11) is 3.28. The highest BCUT2D eigenvalue weighted by Gasteiger charge is 2.14. The summed E-state index contributed by atoms with van der Waals surface area (Å²) in [5.41, 5.74) is 8.88. The lowest BCUT2D eigenvalue weighted by molar-refractivity contribution is -0.156. The number of hydrogen-bond acceptors (Lipinski definition) is 5. The van der Waals surface area contributed by atoms with Gasteiger partial charge < -0.3 is 24.7 Å². The van der Waals surface area contributed by atoms with E-state index in [2.05, 4.69) is 13.0 Å². The van der Waals surface area contributed by atoms with Crippen LogP contribution in [0.5, 0.6) is 11.5 Å². The lowest BCUT2D eigenvalue weighted by Crippen LogP contribution is -2.22. The SMILES string of the molecule is COc1cc(N)c(OC)c(CC/C=C(/C)COC2CCCCO2)c1. The van der Waals surface area contributed by atoms with Crippen molar-refractivity contribution in [3.63, 3.8) is 0 Å². The van der Waals surface area contributed by atoms with Gasteiger partial charge in [0.1, 0.15) is 11.5 Å². The number of nitrogens with two attached hydrogens (primary N) is 1. The number of hydrogen-bond donors (Lipinski definition) is 1. The zero-order valence-corrected chi connectivity index (χ0v) is 15.0. The molecule has 1 aliphatic rings. The summed E-state index contributed by atoms with van der Waals surface area (Å²) < 4.78 is 22.1. The predicted molar refractivity (Wildman–Crippen MR) is 95.6 cm³/mol. The summed E-state index contributed by atoms with van der Waals surface area (Å²) >= 11 is 0. The van der Waals surface area contributed by atoms with Gasteiger partial charge >= 0.3 is 0 Å². The third-order valence-corrected chi connectivity index (χ3v) is 4.15. The molecule has 0 spiro atoms. The Morgan fingerprint density at radius 3 is 2.79 bits per heavy atom. The van der Waals surface area contributed by atoms with Gasteiger partial charge in [-0.05, 0) is 45.1 Å². The summed E-state index contributed by atoms with van der Waals surface area (Å²) in [5.74, 6) is 1.48. The van der Waals surface area contributed by atoms with Crippen LogP contribution in [0, 0.1) is 0 Å². The maximum absolute atomic E-state index is 6.02. The highest BCUT2D eigenvalue weighted by Crippen LogP contribution is 2.32. The van der Waals surface area contributed by atoms with Crippen molar-refractivity contribution in [1.82, 2.24) is 0 Å². The van der Waals surface area contributed by atoms with E-state index in [0.717, 1.165) is 49.4 Å². The van der Waals surface area contributed by atoms with Gasteiger partial charge in [0.05, 0.1) is 26.5 Å². The lowest BCUT2D eigenvalue weighted by atomic mass is 10.1. The molecule has 0 amide bonds. The summed E-state index contributed by atoms with van der Waals surface area (Å²) in [4.78, 5) is 0. The van der Waals surface area contributed by atoms with Gasteiger partial charge in [-0.15, -0.1) is 0 Å². The fraction of sp³-hybridized carbons (Fsp3) is 0.579. The molecule has 1 heterocycles. The number of aryl methyl sites for hydroxylation is 1. The van der Waals surface area contributed by atoms with Gasteiger partial charge in [0.2, 0.25) is 0 Å². The highest BCUT2D eigenvalue weighted by atomic mass is 16.7. The van der Waals surface area contributed by atoms with Gasteiger partial charge in [-0.3, -0.25) is 0 Å². The Morgan fingerprint density at radius 1 is 1.29 bits per heavy atom. The molecule has 1 atom stereocenters. The van der Waals surface area contributed by atoms with Gasteiger partial charge in [0, 0.05) is 18.2 Å². The Bertz CT molecular complexity index is 551. The fourth-order valence-electron chi connectivity index (χ4n) is 2.84. The van der Waals surface area contributed by atoms with Crippen molar-refractivity contribution in [2.24, 2.45) is 0 Å². The molecule has 5 heteroatoms. The van der Waals surface area contributed by atoms with Crippen LogP contribution in [-0.4, -0.2) is 33.7 Å². The van der Waals surface area contributed by atoms with Crippen molar-refractivity contribution in [2.75, 3.05) is 33.2 Å². The molecule has 2 N–H and O–H groups in total. The number of anilines is 1. The summed E-state index contributed by atoms with van der Waals surface area (Å²) in [6, 6.07) is 3.76. The third kappa shape index (κ3) is 5.42. The van der Waals surface area contributed by atoms with E-state index >= 15 is 0 Å². The van der Waals surface area contributed by atoms with Gasteiger partial charge in [-0.1, -0.05) is 11.6 Å². The van der Waals surface area contributed by atoms with Crippen LogP contribution < -0.4 is 15.2 Å². The van der Waals surface area contributed by atoms with E-state index in [1.54, 1.807) is 20.3 Å². The van der Waals surface area contributed by atoms with Gasteiger partial charge in [-0.25, -0.2) is 0 Å². The molecule has 24 heavy (non-hydrogen) atoms. The van der Waals surface area contributed by atoms with Crippen LogP contribution in [0.25, 0.3) is 0 Å². The second-order valence-electron chi connectivity index (χ2n) is 6.11. The van der Waals surface area contributed by atoms with E-state index in [-0.39, 0.29) is 6.29 Å². The van der Waals surface area contributed by atoms with Crippen molar-refractivity contribution in [3.8, 4) is 11.5 Å². The molecule has 1 aromatic carbocycles. The van der Waals surface area contributed by atoms with E-state index in [1.165, 1.54) is 12.0 Å². The van der Waals surface area contributed by atoms with Crippen molar-refractivity contribution in [3.05, 3.63) is 29.3 Å². The van der Waals surface area contributed by atoms with Crippen molar-refractivity contribution in [2.45, 2.75) is 45.3 Å². The van der Waals surface area contributed by atoms with E-state index in [1.807, 2.05) is 6.07 Å². The molecule has 1 aromatic rings. The van der Waals surface area contributed by atoms with Crippen LogP contribution in [0.1, 0.15) is 38.2 Å². The van der Waals surface area contributed by atoms with E-state index in [9.17, 15) is 0 Å². The molecule has 0 radical (unpaired) electrons. The van der Waals surface area contributed by atoms with Crippen LogP contribution in [0.15, 0.2) is 23.8 Å². The quantitative estimate of drug-likeness (QED) is 0.579. The second-order valence-corrected chi connectivity index (χ2v) is 6.11. The number of ether oxygens (including phenoxy) is 4. The Kier molecular flexibility index (Phi) is 7.40. The molecule has 0 aromatic heterocycles. The van der Waals surface area contributed by atoms with Gasteiger partial charge in [0.15, 0.2) is 6.29 Å². The summed E-state index contributed by atoms with van der Waals surface area (Å²) in [6.45, 7) is 3.51. The zero-order chi connectivity index (χ0) is 17.4. The van der Waals surface area contributed by atoms with E-state index < -0.39 is 0 Å². The maximum Gasteiger partial charge on any atom is 0.158 e. The summed E-state index contributed by atoms with van der Waals surface area (Å²) in [5, 5.41) is 0. The average molecular weight is 335 g/mol. The Labute approximate surface area is 144 Å². The first-order valence-corrected chi connectivity index (χ1v) is 8.53. The highest BCUT2D eigenvalue weighted by molar-refractivity contribution is 5.60.